The molecule has 6 fully saturated rings. The van der Waals surface area contributed by atoms with Crippen molar-refractivity contribution in [1.82, 2.24) is 0 Å². The Bertz CT molecular complexity index is 1200. The van der Waals surface area contributed by atoms with Gasteiger partial charge in [0.1, 0.15) is 35.9 Å². The molecule has 230 valence electrons. The summed E-state index contributed by atoms with van der Waals surface area (Å²) in [5, 5.41) is 40.9. The zero-order chi connectivity index (χ0) is 29.8. The van der Waals surface area contributed by atoms with Gasteiger partial charge in [-0.05, 0) is 74.0 Å². The van der Waals surface area contributed by atoms with Crippen LogP contribution in [0.1, 0.15) is 63.0 Å². The fraction of sp³-hybridized carbons (Fsp3) is 0.677. The van der Waals surface area contributed by atoms with Crippen LogP contribution in [0.4, 0.5) is 0 Å². The third-order valence-electron chi connectivity index (χ3n) is 10.1. The molecule has 6 atom stereocenters. The van der Waals surface area contributed by atoms with Crippen LogP contribution in [0.3, 0.4) is 0 Å². The predicted molar refractivity (Wildman–Crippen MR) is 145 cm³/mol. The van der Waals surface area contributed by atoms with Crippen molar-refractivity contribution in [3.63, 3.8) is 0 Å². The van der Waals surface area contributed by atoms with Crippen LogP contribution in [0.5, 0.6) is 5.75 Å². The molecule has 1 aromatic carbocycles. The van der Waals surface area contributed by atoms with Crippen molar-refractivity contribution in [2.45, 2.75) is 94.0 Å². The predicted octanol–water partition coefficient (Wildman–Crippen LogP) is 1.77. The highest BCUT2D eigenvalue weighted by Gasteiger charge is 2.76. The fourth-order valence-corrected chi connectivity index (χ4v) is 8.19. The topological polar surface area (TPSA) is 161 Å². The van der Waals surface area contributed by atoms with Crippen LogP contribution < -0.4 is 4.74 Å². The third-order valence-corrected chi connectivity index (χ3v) is 10.1. The van der Waals surface area contributed by atoms with E-state index in [1.807, 2.05) is 6.07 Å². The monoisotopic (exact) mass is 588 g/mol. The van der Waals surface area contributed by atoms with Crippen molar-refractivity contribution in [3.05, 3.63) is 35.4 Å². The van der Waals surface area contributed by atoms with Gasteiger partial charge in [0.2, 0.25) is 6.29 Å². The van der Waals surface area contributed by atoms with Gasteiger partial charge in [-0.25, -0.2) is 4.89 Å². The summed E-state index contributed by atoms with van der Waals surface area (Å²) >= 11 is 0. The highest BCUT2D eigenvalue weighted by molar-refractivity contribution is 6.06. The molecule has 4 N–H and O–H groups in total. The lowest BCUT2D eigenvalue weighted by Crippen LogP contribution is -2.76. The zero-order valence-corrected chi connectivity index (χ0v) is 23.9. The van der Waals surface area contributed by atoms with Gasteiger partial charge in [-0.1, -0.05) is 19.1 Å². The summed E-state index contributed by atoms with van der Waals surface area (Å²) in [5.41, 5.74) is 0.384. The number of methoxy groups -OCH3 is 1. The van der Waals surface area contributed by atoms with Crippen LogP contribution in [0.15, 0.2) is 24.3 Å². The molecule has 0 aromatic heterocycles. The molecular formula is C31H40O11. The number of aliphatic hydroxyl groups excluding tert-OH is 4. The molecule has 4 bridgehead atoms. The van der Waals surface area contributed by atoms with Gasteiger partial charge in [-0.2, -0.15) is 4.89 Å². The Hall–Kier alpha value is -2.22. The second-order valence-electron chi connectivity index (χ2n) is 12.5. The number of aliphatic hydroxyl groups is 4. The summed E-state index contributed by atoms with van der Waals surface area (Å²) in [6.45, 7) is 1.08. The Morgan fingerprint density at radius 2 is 1.69 bits per heavy atom. The fourth-order valence-electron chi connectivity index (χ4n) is 8.19. The molecule has 3 unspecified atom stereocenters. The van der Waals surface area contributed by atoms with Gasteiger partial charge in [0, 0.05) is 24.7 Å². The third kappa shape index (κ3) is 4.66. The number of ether oxygens (including phenoxy) is 3. The van der Waals surface area contributed by atoms with Crippen molar-refractivity contribution >= 4 is 17.6 Å². The van der Waals surface area contributed by atoms with Crippen LogP contribution in [-0.2, 0) is 34.6 Å². The van der Waals surface area contributed by atoms with Gasteiger partial charge in [0.25, 0.3) is 5.79 Å². The first-order valence-electron chi connectivity index (χ1n) is 14.9. The number of hydrogen-bond donors (Lipinski definition) is 4. The number of Topliss-reactive ketones (excluding diaryl/α,β-unsaturated/α-hetero) is 1. The van der Waals surface area contributed by atoms with Gasteiger partial charge < -0.3 is 34.6 Å². The smallest absolute Gasteiger partial charge is 0.260 e. The second-order valence-corrected chi connectivity index (χ2v) is 12.5. The van der Waals surface area contributed by atoms with Crippen molar-refractivity contribution in [3.8, 4) is 5.75 Å². The van der Waals surface area contributed by atoms with Gasteiger partial charge >= 0.3 is 0 Å². The minimum Gasteiger partial charge on any atom is -0.461 e. The van der Waals surface area contributed by atoms with Crippen LogP contribution in [0, 0.1) is 23.7 Å². The molecule has 6 aliphatic rings. The van der Waals surface area contributed by atoms with Gasteiger partial charge in [0.05, 0.1) is 13.0 Å². The number of rotatable bonds is 10. The Labute approximate surface area is 244 Å². The maximum atomic E-state index is 12.4. The number of ketones is 2. The van der Waals surface area contributed by atoms with Crippen LogP contribution >= 0.6 is 0 Å². The molecule has 4 aliphatic carbocycles. The van der Waals surface area contributed by atoms with E-state index in [-0.39, 0.29) is 42.0 Å². The molecule has 2 saturated heterocycles. The number of carbonyl (C=O) groups excluding carboxylic acids is 2. The maximum absolute atomic E-state index is 12.4. The molecule has 2 aliphatic heterocycles. The summed E-state index contributed by atoms with van der Waals surface area (Å²) in [7, 11) is 1.59. The summed E-state index contributed by atoms with van der Waals surface area (Å²) in [6.07, 6.45) is 0.872. The highest BCUT2D eigenvalue weighted by atomic mass is 17.3. The van der Waals surface area contributed by atoms with Gasteiger partial charge in [0.15, 0.2) is 11.4 Å². The lowest BCUT2D eigenvalue weighted by molar-refractivity contribution is -0.645. The van der Waals surface area contributed by atoms with Crippen LogP contribution in [0.2, 0.25) is 0 Å². The highest BCUT2D eigenvalue weighted by Crippen LogP contribution is 2.69. The van der Waals surface area contributed by atoms with Crippen LogP contribution in [-0.4, -0.2) is 82.0 Å². The molecular weight excluding hydrogens is 548 g/mol. The van der Waals surface area contributed by atoms with E-state index in [1.54, 1.807) is 26.2 Å². The molecule has 0 radical (unpaired) electrons. The quantitative estimate of drug-likeness (QED) is 0.179. The van der Waals surface area contributed by atoms with Gasteiger partial charge in [-0.3, -0.25) is 9.59 Å². The average Bonchev–Trinajstić information content (AvgIpc) is 2.96. The largest absolute Gasteiger partial charge is 0.461 e. The summed E-state index contributed by atoms with van der Waals surface area (Å²) in [5.74, 6) is 0.321. The van der Waals surface area contributed by atoms with E-state index < -0.39 is 48.7 Å². The molecule has 42 heavy (non-hydrogen) atoms. The molecule has 1 spiro atoms. The lowest BCUT2D eigenvalue weighted by atomic mass is 9.47. The molecule has 7 rings (SSSR count). The van der Waals surface area contributed by atoms with Crippen molar-refractivity contribution in [1.29, 1.82) is 0 Å². The first kappa shape index (κ1) is 29.8. The molecule has 1 aromatic rings. The van der Waals surface area contributed by atoms with E-state index in [2.05, 4.69) is 0 Å². The Morgan fingerprint density at radius 1 is 1.00 bits per heavy atom. The van der Waals surface area contributed by atoms with E-state index in [1.165, 1.54) is 18.6 Å². The Kier molecular flexibility index (Phi) is 8.07. The van der Waals surface area contributed by atoms with E-state index in [9.17, 15) is 30.0 Å². The first-order chi connectivity index (χ1) is 20.1. The zero-order valence-electron chi connectivity index (χ0n) is 23.9. The number of allylic oxidation sites excluding steroid dienone is 1. The number of carbonyl (C=O) groups is 2. The van der Waals surface area contributed by atoms with Crippen molar-refractivity contribution in [2.75, 3.05) is 13.7 Å². The molecule has 0 amide bonds. The van der Waals surface area contributed by atoms with E-state index >= 15 is 0 Å². The normalized spacial score (nSPS) is 42.2. The molecule has 4 saturated carbocycles. The summed E-state index contributed by atoms with van der Waals surface area (Å²) in [6, 6.07) is 5.22. The molecule has 11 heteroatoms. The van der Waals surface area contributed by atoms with E-state index in [0.717, 1.165) is 25.7 Å². The summed E-state index contributed by atoms with van der Waals surface area (Å²) in [4.78, 5) is 36.1. The average molecular weight is 589 g/mol. The SMILES string of the molecule is CCC(=O)CC(=O)/C=C/c1ccc(C2(OC)OOC23C2CC4CC(C2)CC3C4)cc1O[C@@H]1OC(CO)[C@H](O)[C@H](O)C1O. The maximum Gasteiger partial charge on any atom is 0.260 e. The first-order valence-corrected chi connectivity index (χ1v) is 14.9. The number of hydrogen-bond acceptors (Lipinski definition) is 11. The Balaban J connectivity index is 1.36. The van der Waals surface area contributed by atoms with Crippen LogP contribution in [0.25, 0.3) is 6.08 Å². The lowest BCUT2D eigenvalue weighted by Gasteiger charge is -2.68. The standard InChI is InChI=1S/C31H40O11/c1-3-22(33)14-23(34)7-5-18-4-6-19(13-24(18)39-29-28(37)27(36)26(35)25(15-32)40-29)31(38-2)30(41-42-31)20-9-16-8-17(11-20)12-21(30)10-16/h4-7,13,16-17,20-21,25-29,32,35-37H,3,8-12,14-15H2,1-2H3/b7-5+/t16?,17?,20?,21?,25?,26-,27-,28?,29+,30?,31?/m0/s1. The minimum absolute atomic E-state index is 0.175. The number of benzene rings is 1. The van der Waals surface area contributed by atoms with E-state index in [4.69, 9.17) is 24.0 Å². The molecule has 2 heterocycles. The van der Waals surface area contributed by atoms with Crippen molar-refractivity contribution < 1.29 is 54.0 Å². The van der Waals surface area contributed by atoms with Gasteiger partial charge in [-0.15, -0.1) is 0 Å². The van der Waals surface area contributed by atoms with Crippen molar-refractivity contribution in [2.24, 2.45) is 23.7 Å². The Morgan fingerprint density at radius 3 is 2.26 bits per heavy atom. The summed E-state index contributed by atoms with van der Waals surface area (Å²) < 4.78 is 17.9. The molecule has 11 nitrogen and oxygen atoms in total. The minimum atomic E-state index is -1.64. The van der Waals surface area contributed by atoms with E-state index in [0.29, 0.717) is 23.0 Å². The second kappa shape index (κ2) is 11.4.